The number of carbonyl (C=O) groups excluding carboxylic acids is 1. The lowest BCUT2D eigenvalue weighted by Gasteiger charge is -2.37. The van der Waals surface area contributed by atoms with Crippen LogP contribution in [0.1, 0.15) is 35.1 Å². The molecule has 2 unspecified atom stereocenters. The summed E-state index contributed by atoms with van der Waals surface area (Å²) in [7, 11) is 0. The lowest BCUT2D eigenvalue weighted by molar-refractivity contribution is -0.144. The maximum absolute atomic E-state index is 12.0. The van der Waals surface area contributed by atoms with Crippen molar-refractivity contribution in [2.45, 2.75) is 25.3 Å². The van der Waals surface area contributed by atoms with Crippen molar-refractivity contribution in [2.75, 3.05) is 13.3 Å². The van der Waals surface area contributed by atoms with E-state index in [-0.39, 0.29) is 18.7 Å². The predicted octanol–water partition coefficient (Wildman–Crippen LogP) is 4.81. The van der Waals surface area contributed by atoms with Gasteiger partial charge in [0.1, 0.15) is 6.73 Å². The molecule has 1 heterocycles. The van der Waals surface area contributed by atoms with Gasteiger partial charge in [-0.15, -0.1) is 0 Å². The van der Waals surface area contributed by atoms with Gasteiger partial charge in [0.05, 0.1) is 0 Å². The van der Waals surface area contributed by atoms with Crippen molar-refractivity contribution in [3.63, 3.8) is 0 Å². The highest BCUT2D eigenvalue weighted by molar-refractivity contribution is 5.86. The van der Waals surface area contributed by atoms with Crippen LogP contribution in [-0.2, 0) is 16.0 Å². The number of fused-ring (bicyclic) bond motifs is 4. The molecule has 0 aromatic heterocycles. The van der Waals surface area contributed by atoms with Crippen LogP contribution in [0.15, 0.2) is 72.8 Å². The molecule has 0 saturated carbocycles. The van der Waals surface area contributed by atoms with Crippen LogP contribution in [0.4, 0.5) is 0 Å². The summed E-state index contributed by atoms with van der Waals surface area (Å²) in [6, 6.07) is 17.3. The van der Waals surface area contributed by atoms with Gasteiger partial charge in [0.2, 0.25) is 0 Å². The van der Waals surface area contributed by atoms with Gasteiger partial charge in [-0.05, 0) is 35.6 Å². The van der Waals surface area contributed by atoms with Gasteiger partial charge in [0, 0.05) is 24.1 Å². The van der Waals surface area contributed by atoms with Crippen molar-refractivity contribution < 1.29 is 9.53 Å². The van der Waals surface area contributed by atoms with E-state index in [1.54, 1.807) is 6.92 Å². The Morgan fingerprint density at radius 2 is 1.86 bits per heavy atom. The second-order valence-electron chi connectivity index (χ2n) is 7.50. The molecule has 0 radical (unpaired) electrons. The van der Waals surface area contributed by atoms with Gasteiger partial charge in [-0.1, -0.05) is 79.4 Å². The van der Waals surface area contributed by atoms with Crippen LogP contribution in [-0.4, -0.2) is 30.2 Å². The molecule has 3 heteroatoms. The second kappa shape index (κ2) is 7.99. The van der Waals surface area contributed by atoms with Crippen molar-refractivity contribution in [1.29, 1.82) is 0 Å². The molecule has 2 aliphatic rings. The summed E-state index contributed by atoms with van der Waals surface area (Å²) in [6.07, 6.45) is 9.72. The number of nitrogens with zero attached hydrogens (tertiary/aromatic N) is 1. The number of esters is 1. The SMILES string of the molecule is C=C(C)C(=O)OCN1C/C=C\c2ccccc2CC2c3ccccc3C=CC21. The van der Waals surface area contributed by atoms with E-state index in [2.05, 4.69) is 84.3 Å². The fourth-order valence-electron chi connectivity index (χ4n) is 4.09. The quantitative estimate of drug-likeness (QED) is 0.573. The summed E-state index contributed by atoms with van der Waals surface area (Å²) in [5, 5.41) is 0. The third-order valence-corrected chi connectivity index (χ3v) is 5.54. The third-order valence-electron chi connectivity index (χ3n) is 5.54. The third kappa shape index (κ3) is 3.71. The van der Waals surface area contributed by atoms with Gasteiger partial charge in [-0.25, -0.2) is 4.79 Å². The molecule has 0 saturated heterocycles. The molecule has 2 atom stereocenters. The summed E-state index contributed by atoms with van der Waals surface area (Å²) < 4.78 is 5.51. The molecule has 28 heavy (non-hydrogen) atoms. The Morgan fingerprint density at radius 1 is 1.11 bits per heavy atom. The van der Waals surface area contributed by atoms with E-state index in [1.165, 1.54) is 22.3 Å². The Kier molecular flexibility index (Phi) is 5.27. The van der Waals surface area contributed by atoms with Crippen molar-refractivity contribution in [3.8, 4) is 0 Å². The first kappa shape index (κ1) is 18.5. The largest absolute Gasteiger partial charge is 0.446 e. The van der Waals surface area contributed by atoms with Crippen LogP contribution in [0.3, 0.4) is 0 Å². The van der Waals surface area contributed by atoms with E-state index >= 15 is 0 Å². The molecule has 4 rings (SSSR count). The first-order chi connectivity index (χ1) is 13.6. The van der Waals surface area contributed by atoms with Crippen LogP contribution in [0, 0.1) is 0 Å². The lowest BCUT2D eigenvalue weighted by atomic mass is 9.79. The van der Waals surface area contributed by atoms with Crippen LogP contribution in [0.5, 0.6) is 0 Å². The first-order valence-electron chi connectivity index (χ1n) is 9.72. The highest BCUT2D eigenvalue weighted by Crippen LogP contribution is 2.36. The minimum Gasteiger partial charge on any atom is -0.446 e. The summed E-state index contributed by atoms with van der Waals surface area (Å²) in [5.74, 6) is -0.0466. The van der Waals surface area contributed by atoms with Crippen LogP contribution in [0.25, 0.3) is 12.2 Å². The van der Waals surface area contributed by atoms with E-state index in [0.29, 0.717) is 18.0 Å². The van der Waals surface area contributed by atoms with Gasteiger partial charge in [-0.2, -0.15) is 0 Å². The van der Waals surface area contributed by atoms with Crippen LogP contribution < -0.4 is 0 Å². The van der Waals surface area contributed by atoms with Gasteiger partial charge >= 0.3 is 5.97 Å². The standard InChI is InChI=1S/C25H25NO2/c1-18(2)25(27)28-17-26-15-7-11-19-8-3-4-10-21(19)16-23-22-12-6-5-9-20(22)13-14-24(23)26/h3-14,23-24H,1,15-17H2,2H3/b11-7-. The monoisotopic (exact) mass is 371 g/mol. The zero-order chi connectivity index (χ0) is 19.5. The summed E-state index contributed by atoms with van der Waals surface area (Å²) in [5.41, 5.74) is 5.65. The Balaban J connectivity index is 1.71. The van der Waals surface area contributed by atoms with Crippen molar-refractivity contribution >= 4 is 18.1 Å². The van der Waals surface area contributed by atoms with Crippen molar-refractivity contribution in [1.82, 2.24) is 4.90 Å². The van der Waals surface area contributed by atoms with Gasteiger partial charge in [-0.3, -0.25) is 4.90 Å². The fourth-order valence-corrected chi connectivity index (χ4v) is 4.09. The molecular weight excluding hydrogens is 346 g/mol. The summed E-state index contributed by atoms with van der Waals surface area (Å²) in [4.78, 5) is 14.2. The minimum atomic E-state index is -0.344. The average Bonchev–Trinajstić information content (AvgIpc) is 2.79. The number of rotatable bonds is 3. The van der Waals surface area contributed by atoms with Crippen molar-refractivity contribution in [2.24, 2.45) is 0 Å². The fraction of sp³-hybridized carbons (Fsp3) is 0.240. The molecule has 0 N–H and O–H groups in total. The Morgan fingerprint density at radius 3 is 2.68 bits per heavy atom. The molecule has 2 aromatic rings. The molecule has 1 aliphatic carbocycles. The maximum Gasteiger partial charge on any atom is 0.334 e. The van der Waals surface area contributed by atoms with Gasteiger partial charge in [0.15, 0.2) is 0 Å². The average molecular weight is 371 g/mol. The molecule has 0 fully saturated rings. The van der Waals surface area contributed by atoms with E-state index in [9.17, 15) is 4.79 Å². The molecular formula is C25H25NO2. The Labute approximate surface area is 166 Å². The van der Waals surface area contributed by atoms with Gasteiger partial charge < -0.3 is 4.74 Å². The van der Waals surface area contributed by atoms with E-state index in [0.717, 1.165) is 6.42 Å². The maximum atomic E-state index is 12.0. The molecule has 2 aromatic carbocycles. The van der Waals surface area contributed by atoms with Gasteiger partial charge in [0.25, 0.3) is 0 Å². The molecule has 0 bridgehead atoms. The molecule has 142 valence electrons. The summed E-state index contributed by atoms with van der Waals surface area (Å²) in [6.45, 7) is 6.33. The first-order valence-corrected chi connectivity index (χ1v) is 9.72. The van der Waals surface area contributed by atoms with Crippen LogP contribution in [0.2, 0.25) is 0 Å². The van der Waals surface area contributed by atoms with Crippen LogP contribution >= 0.6 is 0 Å². The molecule has 1 aliphatic heterocycles. The zero-order valence-corrected chi connectivity index (χ0v) is 16.2. The highest BCUT2D eigenvalue weighted by atomic mass is 16.5. The second-order valence-corrected chi connectivity index (χ2v) is 7.50. The number of hydrogen-bond donors (Lipinski definition) is 0. The predicted molar refractivity (Wildman–Crippen MR) is 114 cm³/mol. The molecule has 3 nitrogen and oxygen atoms in total. The zero-order valence-electron chi connectivity index (χ0n) is 16.2. The smallest absolute Gasteiger partial charge is 0.334 e. The Hall–Kier alpha value is -2.91. The number of benzene rings is 2. The lowest BCUT2D eigenvalue weighted by Crippen LogP contribution is -2.42. The normalized spacial score (nSPS) is 21.9. The minimum absolute atomic E-state index is 0.156. The molecule has 0 spiro atoms. The summed E-state index contributed by atoms with van der Waals surface area (Å²) >= 11 is 0. The van der Waals surface area contributed by atoms with Crippen molar-refractivity contribution in [3.05, 3.63) is 95.1 Å². The highest BCUT2D eigenvalue weighted by Gasteiger charge is 2.32. The topological polar surface area (TPSA) is 29.5 Å². The van der Waals surface area contributed by atoms with E-state index < -0.39 is 0 Å². The molecule has 0 amide bonds. The van der Waals surface area contributed by atoms with E-state index in [4.69, 9.17) is 4.74 Å². The Bertz CT molecular complexity index is 957. The number of ether oxygens (including phenoxy) is 1. The number of hydrogen-bond acceptors (Lipinski definition) is 3. The number of carbonyl (C=O) groups is 1. The van der Waals surface area contributed by atoms with E-state index in [1.807, 2.05) is 0 Å².